The number of fused-ring (bicyclic) bond motifs is 2. The predicted octanol–water partition coefficient (Wildman–Crippen LogP) is -1.71. The Hall–Kier alpha value is -1.63. The van der Waals surface area contributed by atoms with Crippen LogP contribution in [0, 0.1) is 11.8 Å². The Labute approximate surface area is 83.8 Å². The second-order valence-corrected chi connectivity index (χ2v) is 4.05. The van der Waals surface area contributed by atoms with E-state index >= 15 is 0 Å². The van der Waals surface area contributed by atoms with Crippen molar-refractivity contribution < 1.29 is 24.2 Å². The van der Waals surface area contributed by atoms with E-state index in [2.05, 4.69) is 10.6 Å². The molecule has 7 nitrogen and oxygen atoms in total. The van der Waals surface area contributed by atoms with Gasteiger partial charge in [-0.1, -0.05) is 0 Å². The van der Waals surface area contributed by atoms with Crippen LogP contribution in [0.2, 0.25) is 0 Å². The number of aliphatic carboxylic acids is 1. The van der Waals surface area contributed by atoms with Gasteiger partial charge in [-0.15, -0.1) is 0 Å². The fraction of sp³-hybridized carbons (Fsp3) is 0.625. The Morgan fingerprint density at radius 2 is 2.27 bits per heavy atom. The van der Waals surface area contributed by atoms with Gasteiger partial charge in [-0.25, -0.2) is 4.79 Å². The van der Waals surface area contributed by atoms with Gasteiger partial charge in [0.15, 0.2) is 5.54 Å². The van der Waals surface area contributed by atoms with Crippen molar-refractivity contribution in [3.63, 3.8) is 0 Å². The third kappa shape index (κ3) is 0.858. The molecule has 2 aliphatic heterocycles. The van der Waals surface area contributed by atoms with Gasteiger partial charge in [-0.3, -0.25) is 14.9 Å². The molecule has 4 atom stereocenters. The highest BCUT2D eigenvalue weighted by Gasteiger charge is 2.75. The van der Waals surface area contributed by atoms with E-state index in [0.29, 0.717) is 0 Å². The van der Waals surface area contributed by atoms with Crippen LogP contribution in [0.1, 0.15) is 0 Å². The summed E-state index contributed by atoms with van der Waals surface area (Å²) in [5.74, 6) is -2.58. The fourth-order valence-electron chi connectivity index (χ4n) is 2.54. The molecule has 1 saturated carbocycles. The van der Waals surface area contributed by atoms with Gasteiger partial charge in [0.1, 0.15) is 0 Å². The molecular formula is C8H8N2O5. The van der Waals surface area contributed by atoms with Gasteiger partial charge < -0.3 is 15.2 Å². The van der Waals surface area contributed by atoms with Crippen LogP contribution in [0.5, 0.6) is 0 Å². The first-order valence-corrected chi connectivity index (χ1v) is 4.54. The van der Waals surface area contributed by atoms with Gasteiger partial charge in [0.05, 0.1) is 18.6 Å². The average Bonchev–Trinajstić information content (AvgIpc) is 2.68. The first kappa shape index (κ1) is 8.66. The lowest BCUT2D eigenvalue weighted by atomic mass is 9.94. The molecule has 0 radical (unpaired) electrons. The summed E-state index contributed by atoms with van der Waals surface area (Å²) in [5.41, 5.74) is -1.15. The topological polar surface area (TPSA) is 105 Å². The quantitative estimate of drug-likeness (QED) is 0.449. The third-order valence-electron chi connectivity index (χ3n) is 3.28. The molecule has 0 unspecified atom stereocenters. The molecule has 3 aliphatic rings. The summed E-state index contributed by atoms with van der Waals surface area (Å²) in [6.45, 7) is 0.0592. The van der Waals surface area contributed by atoms with E-state index in [1.807, 2.05) is 0 Å². The lowest BCUT2D eigenvalue weighted by Gasteiger charge is -2.20. The summed E-state index contributed by atoms with van der Waals surface area (Å²) in [5, 5.41) is 13.4. The molecule has 0 aromatic rings. The Balaban J connectivity index is 1.92. The Bertz CT molecular complexity index is 394. The van der Waals surface area contributed by atoms with Crippen LogP contribution < -0.4 is 10.6 Å². The third-order valence-corrected chi connectivity index (χ3v) is 3.28. The molecule has 0 bridgehead atoms. The van der Waals surface area contributed by atoms with Crippen LogP contribution in [0.25, 0.3) is 0 Å². The number of amides is 3. The number of nitrogens with one attached hydrogen (secondary N) is 2. The highest BCUT2D eigenvalue weighted by Crippen LogP contribution is 2.55. The maximum absolute atomic E-state index is 11.5. The maximum atomic E-state index is 11.5. The number of imide groups is 1. The Morgan fingerprint density at radius 3 is 2.73 bits per heavy atom. The van der Waals surface area contributed by atoms with E-state index in [1.54, 1.807) is 0 Å². The van der Waals surface area contributed by atoms with Gasteiger partial charge in [0.25, 0.3) is 5.91 Å². The number of hydrogen-bond donors (Lipinski definition) is 3. The molecule has 80 valence electrons. The molecule has 1 aliphatic carbocycles. The highest BCUT2D eigenvalue weighted by atomic mass is 16.5. The molecule has 3 N–H and O–H groups in total. The molecular weight excluding hydrogens is 204 g/mol. The van der Waals surface area contributed by atoms with Gasteiger partial charge in [0.2, 0.25) is 0 Å². The van der Waals surface area contributed by atoms with Gasteiger partial charge in [0, 0.05) is 5.92 Å². The Kier molecular flexibility index (Phi) is 1.33. The minimum atomic E-state index is -1.15. The summed E-state index contributed by atoms with van der Waals surface area (Å²) in [6, 6.07) is -0.583. The number of carboxylic acid groups (broad SMARTS) is 1. The van der Waals surface area contributed by atoms with Gasteiger partial charge in [-0.2, -0.15) is 0 Å². The van der Waals surface area contributed by atoms with Crippen molar-refractivity contribution in [2.45, 2.75) is 11.6 Å². The average molecular weight is 212 g/mol. The van der Waals surface area contributed by atoms with Crippen molar-refractivity contribution in [2.24, 2.45) is 11.8 Å². The molecule has 3 amide bonds. The summed E-state index contributed by atoms with van der Waals surface area (Å²) in [7, 11) is 0. The first-order chi connectivity index (χ1) is 7.06. The highest BCUT2D eigenvalue weighted by molar-refractivity contribution is 6.08. The second-order valence-electron chi connectivity index (χ2n) is 4.05. The van der Waals surface area contributed by atoms with Crippen molar-refractivity contribution in [3.05, 3.63) is 0 Å². The number of carbonyl (C=O) groups excluding carboxylic acids is 2. The lowest BCUT2D eigenvalue weighted by Crippen LogP contribution is -2.51. The maximum Gasteiger partial charge on any atom is 0.322 e. The minimum Gasteiger partial charge on any atom is -0.481 e. The zero-order chi connectivity index (χ0) is 10.8. The smallest absolute Gasteiger partial charge is 0.322 e. The number of rotatable bonds is 1. The zero-order valence-electron chi connectivity index (χ0n) is 7.52. The van der Waals surface area contributed by atoms with Crippen LogP contribution in [0.3, 0.4) is 0 Å². The number of ether oxygens (including phenoxy) is 1. The van der Waals surface area contributed by atoms with Crippen molar-refractivity contribution in [3.8, 4) is 0 Å². The monoisotopic (exact) mass is 212 g/mol. The van der Waals surface area contributed by atoms with Crippen LogP contribution in [-0.2, 0) is 14.3 Å². The largest absolute Gasteiger partial charge is 0.481 e. The van der Waals surface area contributed by atoms with Gasteiger partial charge >= 0.3 is 12.0 Å². The van der Waals surface area contributed by atoms with Crippen LogP contribution in [-0.4, -0.2) is 41.3 Å². The first-order valence-electron chi connectivity index (χ1n) is 4.54. The molecule has 3 rings (SSSR count). The molecule has 2 saturated heterocycles. The SMILES string of the molecule is O=C1NC(=O)[C@@]2(CO[C@H]3[C@H](C(=O)O)[C@H]32)N1. The molecule has 7 heteroatoms. The fourth-order valence-corrected chi connectivity index (χ4v) is 2.54. The lowest BCUT2D eigenvalue weighted by molar-refractivity contribution is -0.141. The number of carboxylic acids is 1. The number of hydrogen-bond acceptors (Lipinski definition) is 4. The number of carbonyl (C=O) groups is 3. The van der Waals surface area contributed by atoms with Crippen molar-refractivity contribution >= 4 is 17.9 Å². The summed E-state index contributed by atoms with van der Waals surface area (Å²) < 4.78 is 5.20. The zero-order valence-corrected chi connectivity index (χ0v) is 7.52. The predicted molar refractivity (Wildman–Crippen MR) is 43.8 cm³/mol. The van der Waals surface area contributed by atoms with Crippen LogP contribution in [0.4, 0.5) is 4.79 Å². The van der Waals surface area contributed by atoms with E-state index < -0.39 is 41.4 Å². The second kappa shape index (κ2) is 2.30. The van der Waals surface area contributed by atoms with Gasteiger partial charge in [-0.05, 0) is 0 Å². The van der Waals surface area contributed by atoms with Crippen molar-refractivity contribution in [2.75, 3.05) is 6.61 Å². The van der Waals surface area contributed by atoms with E-state index in [1.165, 1.54) is 0 Å². The molecule has 15 heavy (non-hydrogen) atoms. The van der Waals surface area contributed by atoms with Crippen molar-refractivity contribution in [1.82, 2.24) is 10.6 Å². The van der Waals surface area contributed by atoms with E-state index in [9.17, 15) is 14.4 Å². The Morgan fingerprint density at radius 1 is 1.53 bits per heavy atom. The van der Waals surface area contributed by atoms with E-state index in [0.717, 1.165) is 0 Å². The molecule has 2 heterocycles. The number of urea groups is 1. The van der Waals surface area contributed by atoms with Crippen molar-refractivity contribution in [1.29, 1.82) is 0 Å². The summed E-state index contributed by atoms with van der Waals surface area (Å²) >= 11 is 0. The van der Waals surface area contributed by atoms with Crippen LogP contribution >= 0.6 is 0 Å². The minimum absolute atomic E-state index is 0.0592. The molecule has 0 aromatic heterocycles. The molecule has 3 fully saturated rings. The standard InChI is InChI=1S/C8H8N2O5/c11-5(12)2-3-4(2)15-1-8(3)6(13)9-7(14)10-8/h2-4H,1H2,(H,11,12)(H2,9,10,13,14)/t2-,3-,4+,8+/m1/s1. The normalized spacial score (nSPS) is 46.3. The van der Waals surface area contributed by atoms with E-state index in [4.69, 9.17) is 9.84 Å². The molecule has 0 aromatic carbocycles. The summed E-state index contributed by atoms with van der Waals surface area (Å²) in [4.78, 5) is 33.3. The molecule has 1 spiro atoms. The van der Waals surface area contributed by atoms with E-state index in [-0.39, 0.29) is 6.61 Å². The van der Waals surface area contributed by atoms with Crippen LogP contribution in [0.15, 0.2) is 0 Å². The summed E-state index contributed by atoms with van der Waals surface area (Å²) in [6.07, 6.45) is -0.438.